The van der Waals surface area contributed by atoms with Gasteiger partial charge in [-0.05, 0) is 58.6 Å². The van der Waals surface area contributed by atoms with E-state index in [4.69, 9.17) is 16.3 Å². The molecule has 1 heterocycles. The fraction of sp³-hybridized carbons (Fsp3) is 0.167. The number of nitrogens with zero attached hydrogens (tertiary/aromatic N) is 2. The minimum atomic E-state index is 0.161. The highest BCUT2D eigenvalue weighted by molar-refractivity contribution is 9.10. The van der Waals surface area contributed by atoms with Crippen LogP contribution in [0, 0.1) is 13.8 Å². The SMILES string of the molecule is Cc1cccc(Oc2nc(Cl)ncc2Br)c1C. The van der Waals surface area contributed by atoms with Gasteiger partial charge in [-0.25, -0.2) is 4.98 Å². The molecule has 2 aromatic rings. The minimum absolute atomic E-state index is 0.161. The van der Waals surface area contributed by atoms with Crippen LogP contribution in [0.5, 0.6) is 11.6 Å². The average molecular weight is 314 g/mol. The highest BCUT2D eigenvalue weighted by Gasteiger charge is 2.09. The normalized spacial score (nSPS) is 10.4. The number of rotatable bonds is 2. The van der Waals surface area contributed by atoms with Crippen LogP contribution in [0.15, 0.2) is 28.9 Å². The Morgan fingerprint density at radius 1 is 1.29 bits per heavy atom. The van der Waals surface area contributed by atoms with Gasteiger partial charge in [-0.15, -0.1) is 0 Å². The lowest BCUT2D eigenvalue weighted by molar-refractivity contribution is 0.454. The summed E-state index contributed by atoms with van der Waals surface area (Å²) >= 11 is 9.05. The van der Waals surface area contributed by atoms with E-state index < -0.39 is 0 Å². The lowest BCUT2D eigenvalue weighted by Crippen LogP contribution is -1.94. The third kappa shape index (κ3) is 2.76. The first-order valence-corrected chi connectivity index (χ1v) is 6.17. The van der Waals surface area contributed by atoms with Gasteiger partial charge in [0, 0.05) is 6.20 Å². The molecule has 0 fully saturated rings. The first kappa shape index (κ1) is 12.3. The summed E-state index contributed by atoms with van der Waals surface area (Å²) in [7, 11) is 0. The van der Waals surface area contributed by atoms with Crippen molar-refractivity contribution in [2.75, 3.05) is 0 Å². The zero-order valence-corrected chi connectivity index (χ0v) is 11.7. The predicted molar refractivity (Wildman–Crippen MR) is 70.7 cm³/mol. The number of ether oxygens (including phenoxy) is 1. The maximum atomic E-state index is 5.73. The van der Waals surface area contributed by atoms with Crippen molar-refractivity contribution < 1.29 is 4.74 Å². The molecule has 3 nitrogen and oxygen atoms in total. The van der Waals surface area contributed by atoms with Crippen LogP contribution in [-0.4, -0.2) is 9.97 Å². The molecule has 1 aromatic heterocycles. The van der Waals surface area contributed by atoms with E-state index in [-0.39, 0.29) is 5.28 Å². The maximum absolute atomic E-state index is 5.73. The number of benzene rings is 1. The monoisotopic (exact) mass is 312 g/mol. The zero-order chi connectivity index (χ0) is 12.4. The fourth-order valence-corrected chi connectivity index (χ4v) is 1.74. The van der Waals surface area contributed by atoms with E-state index >= 15 is 0 Å². The van der Waals surface area contributed by atoms with Crippen LogP contribution in [0.1, 0.15) is 11.1 Å². The molecular weight excluding hydrogens is 304 g/mol. The van der Waals surface area contributed by atoms with Gasteiger partial charge in [-0.1, -0.05) is 12.1 Å². The Balaban J connectivity index is 2.38. The highest BCUT2D eigenvalue weighted by atomic mass is 79.9. The lowest BCUT2D eigenvalue weighted by atomic mass is 10.1. The van der Waals surface area contributed by atoms with Crippen LogP contribution < -0.4 is 4.74 Å². The first-order chi connectivity index (χ1) is 8.08. The van der Waals surface area contributed by atoms with Crippen molar-refractivity contribution >= 4 is 27.5 Å². The van der Waals surface area contributed by atoms with Gasteiger partial charge in [0.1, 0.15) is 5.75 Å². The van der Waals surface area contributed by atoms with Crippen molar-refractivity contribution in [1.82, 2.24) is 9.97 Å². The molecule has 2 rings (SSSR count). The van der Waals surface area contributed by atoms with E-state index in [2.05, 4.69) is 25.9 Å². The van der Waals surface area contributed by atoms with Crippen molar-refractivity contribution in [3.63, 3.8) is 0 Å². The van der Waals surface area contributed by atoms with Gasteiger partial charge < -0.3 is 4.74 Å². The zero-order valence-electron chi connectivity index (χ0n) is 9.37. The second kappa shape index (κ2) is 5.02. The molecule has 1 aromatic carbocycles. The van der Waals surface area contributed by atoms with Gasteiger partial charge in [0.25, 0.3) is 0 Å². The molecule has 88 valence electrons. The van der Waals surface area contributed by atoms with Crippen molar-refractivity contribution in [3.05, 3.63) is 45.3 Å². The van der Waals surface area contributed by atoms with E-state index in [1.165, 1.54) is 5.56 Å². The van der Waals surface area contributed by atoms with Gasteiger partial charge in [0.15, 0.2) is 0 Å². The van der Waals surface area contributed by atoms with E-state index in [0.717, 1.165) is 11.3 Å². The average Bonchev–Trinajstić information content (AvgIpc) is 2.30. The third-order valence-electron chi connectivity index (χ3n) is 2.44. The molecular formula is C12H10BrClN2O. The van der Waals surface area contributed by atoms with Crippen molar-refractivity contribution in [3.8, 4) is 11.6 Å². The molecule has 17 heavy (non-hydrogen) atoms. The molecule has 0 spiro atoms. The molecule has 0 atom stereocenters. The van der Waals surface area contributed by atoms with Gasteiger partial charge in [-0.3, -0.25) is 0 Å². The summed E-state index contributed by atoms with van der Waals surface area (Å²) < 4.78 is 6.39. The molecule has 0 unspecified atom stereocenters. The molecule has 0 radical (unpaired) electrons. The van der Waals surface area contributed by atoms with Crippen molar-refractivity contribution in [2.24, 2.45) is 0 Å². The van der Waals surface area contributed by atoms with Crippen LogP contribution in [0.25, 0.3) is 0 Å². The summed E-state index contributed by atoms with van der Waals surface area (Å²) in [6.07, 6.45) is 1.57. The fourth-order valence-electron chi connectivity index (χ4n) is 1.34. The Labute approximate surface area is 113 Å². The van der Waals surface area contributed by atoms with Crippen LogP contribution in [0.4, 0.5) is 0 Å². The van der Waals surface area contributed by atoms with E-state index in [1.54, 1.807) is 6.20 Å². The Hall–Kier alpha value is -1.13. The molecule has 0 saturated carbocycles. The Bertz CT molecular complexity index is 560. The van der Waals surface area contributed by atoms with Crippen LogP contribution in [0.2, 0.25) is 5.28 Å². The summed E-state index contributed by atoms with van der Waals surface area (Å²) in [6, 6.07) is 5.86. The van der Waals surface area contributed by atoms with Gasteiger partial charge in [-0.2, -0.15) is 4.98 Å². The van der Waals surface area contributed by atoms with Crippen molar-refractivity contribution in [1.29, 1.82) is 0 Å². The van der Waals surface area contributed by atoms with E-state index in [9.17, 15) is 0 Å². The summed E-state index contributed by atoms with van der Waals surface area (Å²) in [5, 5.41) is 0.161. The van der Waals surface area contributed by atoms with Gasteiger partial charge >= 0.3 is 0 Å². The van der Waals surface area contributed by atoms with Crippen LogP contribution >= 0.6 is 27.5 Å². The summed E-state index contributed by atoms with van der Waals surface area (Å²) in [6.45, 7) is 4.03. The molecule has 0 N–H and O–H groups in total. The smallest absolute Gasteiger partial charge is 0.237 e. The Morgan fingerprint density at radius 2 is 2.06 bits per heavy atom. The molecule has 0 saturated heterocycles. The second-order valence-electron chi connectivity index (χ2n) is 3.59. The molecule has 0 aliphatic rings. The lowest BCUT2D eigenvalue weighted by Gasteiger charge is -2.10. The number of hydrogen-bond donors (Lipinski definition) is 0. The topological polar surface area (TPSA) is 35.0 Å². The predicted octanol–water partition coefficient (Wildman–Crippen LogP) is 4.30. The molecule has 5 heteroatoms. The van der Waals surface area contributed by atoms with Crippen molar-refractivity contribution in [2.45, 2.75) is 13.8 Å². The highest BCUT2D eigenvalue weighted by Crippen LogP contribution is 2.30. The molecule has 0 bridgehead atoms. The number of halogens is 2. The van der Waals surface area contributed by atoms with E-state index in [0.29, 0.717) is 10.4 Å². The summed E-state index contributed by atoms with van der Waals surface area (Å²) in [5.74, 6) is 1.18. The van der Waals surface area contributed by atoms with Crippen LogP contribution in [-0.2, 0) is 0 Å². The Morgan fingerprint density at radius 3 is 2.82 bits per heavy atom. The number of hydrogen-bond acceptors (Lipinski definition) is 3. The van der Waals surface area contributed by atoms with E-state index in [1.807, 2.05) is 32.0 Å². The standard InChI is InChI=1S/C12H10BrClN2O/c1-7-4-3-5-10(8(7)2)17-11-9(13)6-15-12(14)16-11/h3-6H,1-2H3. The van der Waals surface area contributed by atoms with Crippen LogP contribution in [0.3, 0.4) is 0 Å². The quantitative estimate of drug-likeness (QED) is 0.775. The first-order valence-electron chi connectivity index (χ1n) is 5.00. The largest absolute Gasteiger partial charge is 0.437 e. The third-order valence-corrected chi connectivity index (χ3v) is 3.17. The summed E-state index contributed by atoms with van der Waals surface area (Å²) in [5.41, 5.74) is 2.24. The summed E-state index contributed by atoms with van der Waals surface area (Å²) in [4.78, 5) is 7.87. The molecule has 0 aliphatic carbocycles. The maximum Gasteiger partial charge on any atom is 0.237 e. The number of aromatic nitrogens is 2. The van der Waals surface area contributed by atoms with Gasteiger partial charge in [0.2, 0.25) is 11.2 Å². The second-order valence-corrected chi connectivity index (χ2v) is 4.78. The molecule has 0 amide bonds. The van der Waals surface area contributed by atoms with Gasteiger partial charge in [0.05, 0.1) is 4.47 Å². The Kier molecular flexibility index (Phi) is 3.64. The minimum Gasteiger partial charge on any atom is -0.437 e. The number of aryl methyl sites for hydroxylation is 1. The molecule has 0 aliphatic heterocycles.